The van der Waals surface area contributed by atoms with E-state index in [-0.39, 0.29) is 5.78 Å². The SMILES string of the molecule is COc1cccc(N/C(C)=C\C(C)=O)c1. The summed E-state index contributed by atoms with van der Waals surface area (Å²) in [6.45, 7) is 3.37. The first-order valence-electron chi connectivity index (χ1n) is 4.72. The summed E-state index contributed by atoms with van der Waals surface area (Å²) in [4.78, 5) is 10.8. The third kappa shape index (κ3) is 3.85. The second kappa shape index (κ2) is 5.20. The van der Waals surface area contributed by atoms with Crippen LogP contribution in [0.2, 0.25) is 0 Å². The topological polar surface area (TPSA) is 38.3 Å². The number of ether oxygens (including phenoxy) is 1. The van der Waals surface area contributed by atoms with Crippen LogP contribution in [0.4, 0.5) is 5.69 Å². The smallest absolute Gasteiger partial charge is 0.154 e. The molecule has 0 radical (unpaired) electrons. The second-order valence-corrected chi connectivity index (χ2v) is 3.29. The van der Waals surface area contributed by atoms with E-state index in [1.54, 1.807) is 13.2 Å². The van der Waals surface area contributed by atoms with Gasteiger partial charge in [0.15, 0.2) is 5.78 Å². The van der Waals surface area contributed by atoms with E-state index in [4.69, 9.17) is 4.74 Å². The minimum Gasteiger partial charge on any atom is -0.497 e. The van der Waals surface area contributed by atoms with E-state index in [2.05, 4.69) is 5.32 Å². The molecule has 3 nitrogen and oxygen atoms in total. The van der Waals surface area contributed by atoms with Crippen LogP contribution in [0.3, 0.4) is 0 Å². The van der Waals surface area contributed by atoms with Gasteiger partial charge in [-0.2, -0.15) is 0 Å². The summed E-state index contributed by atoms with van der Waals surface area (Å²) in [5, 5.41) is 3.11. The lowest BCUT2D eigenvalue weighted by atomic mass is 10.2. The number of rotatable bonds is 4. The van der Waals surface area contributed by atoms with Crippen molar-refractivity contribution < 1.29 is 9.53 Å². The maximum absolute atomic E-state index is 10.8. The average Bonchev–Trinajstić information content (AvgIpc) is 2.16. The molecule has 80 valence electrons. The zero-order chi connectivity index (χ0) is 11.3. The van der Waals surface area contributed by atoms with E-state index in [0.29, 0.717) is 0 Å². The molecule has 0 aromatic heterocycles. The number of anilines is 1. The van der Waals surface area contributed by atoms with Gasteiger partial charge in [0.2, 0.25) is 0 Å². The Kier molecular flexibility index (Phi) is 3.92. The van der Waals surface area contributed by atoms with Gasteiger partial charge >= 0.3 is 0 Å². The molecule has 1 N–H and O–H groups in total. The van der Waals surface area contributed by atoms with E-state index < -0.39 is 0 Å². The number of carbonyl (C=O) groups is 1. The molecule has 1 rings (SSSR count). The minimum absolute atomic E-state index is 0.0305. The van der Waals surface area contributed by atoms with Crippen molar-refractivity contribution in [3.05, 3.63) is 36.0 Å². The number of methoxy groups -OCH3 is 1. The van der Waals surface area contributed by atoms with Gasteiger partial charge in [0, 0.05) is 17.5 Å². The molecule has 15 heavy (non-hydrogen) atoms. The summed E-state index contributed by atoms with van der Waals surface area (Å²) in [7, 11) is 1.62. The van der Waals surface area contributed by atoms with Gasteiger partial charge in [0.05, 0.1) is 7.11 Å². The molecule has 1 aromatic carbocycles. The highest BCUT2D eigenvalue weighted by Crippen LogP contribution is 2.17. The molecular weight excluding hydrogens is 190 g/mol. The Balaban J connectivity index is 2.76. The maximum Gasteiger partial charge on any atom is 0.154 e. The van der Waals surface area contributed by atoms with Crippen molar-refractivity contribution in [1.82, 2.24) is 0 Å². The number of benzene rings is 1. The van der Waals surface area contributed by atoms with Gasteiger partial charge in [0.1, 0.15) is 5.75 Å². The molecule has 0 aliphatic carbocycles. The number of allylic oxidation sites excluding steroid dienone is 2. The fraction of sp³-hybridized carbons (Fsp3) is 0.250. The Bertz CT molecular complexity index is 383. The van der Waals surface area contributed by atoms with Crippen molar-refractivity contribution in [2.75, 3.05) is 12.4 Å². The highest BCUT2D eigenvalue weighted by Gasteiger charge is 1.96. The lowest BCUT2D eigenvalue weighted by Crippen LogP contribution is -1.98. The Morgan fingerprint density at radius 3 is 2.73 bits per heavy atom. The van der Waals surface area contributed by atoms with E-state index in [9.17, 15) is 4.79 Å². The summed E-state index contributed by atoms with van der Waals surface area (Å²) in [6.07, 6.45) is 1.56. The first-order valence-corrected chi connectivity index (χ1v) is 4.72. The van der Waals surface area contributed by atoms with Gasteiger partial charge in [-0.1, -0.05) is 6.07 Å². The van der Waals surface area contributed by atoms with Crippen molar-refractivity contribution in [2.45, 2.75) is 13.8 Å². The summed E-state index contributed by atoms with van der Waals surface area (Å²) < 4.78 is 5.09. The highest BCUT2D eigenvalue weighted by atomic mass is 16.5. The third-order valence-electron chi connectivity index (χ3n) is 1.83. The predicted octanol–water partition coefficient (Wildman–Crippen LogP) is 2.60. The number of nitrogens with one attached hydrogen (secondary N) is 1. The number of hydrogen-bond acceptors (Lipinski definition) is 3. The van der Waals surface area contributed by atoms with Gasteiger partial charge < -0.3 is 10.1 Å². The van der Waals surface area contributed by atoms with E-state index in [1.807, 2.05) is 31.2 Å². The van der Waals surface area contributed by atoms with Crippen molar-refractivity contribution >= 4 is 11.5 Å². The molecule has 0 saturated carbocycles. The monoisotopic (exact) mass is 205 g/mol. The maximum atomic E-state index is 10.8. The third-order valence-corrected chi connectivity index (χ3v) is 1.83. The van der Waals surface area contributed by atoms with Crippen molar-refractivity contribution in [3.8, 4) is 5.75 Å². The van der Waals surface area contributed by atoms with Crippen LogP contribution < -0.4 is 10.1 Å². The zero-order valence-corrected chi connectivity index (χ0v) is 9.20. The minimum atomic E-state index is 0.0305. The fourth-order valence-electron chi connectivity index (χ4n) is 1.27. The quantitative estimate of drug-likeness (QED) is 0.768. The fourth-order valence-corrected chi connectivity index (χ4v) is 1.27. The van der Waals surface area contributed by atoms with Crippen LogP contribution in [0.25, 0.3) is 0 Å². The lowest BCUT2D eigenvalue weighted by molar-refractivity contribution is -0.112. The van der Waals surface area contributed by atoms with Crippen LogP contribution in [-0.2, 0) is 4.79 Å². The molecule has 0 fully saturated rings. The Morgan fingerprint density at radius 1 is 1.40 bits per heavy atom. The van der Waals surface area contributed by atoms with Crippen LogP contribution in [0.15, 0.2) is 36.0 Å². The van der Waals surface area contributed by atoms with Crippen molar-refractivity contribution in [1.29, 1.82) is 0 Å². The van der Waals surface area contributed by atoms with Gasteiger partial charge in [-0.05, 0) is 32.1 Å². The molecular formula is C12H15NO2. The van der Waals surface area contributed by atoms with Crippen LogP contribution in [-0.4, -0.2) is 12.9 Å². The number of hydrogen-bond donors (Lipinski definition) is 1. The zero-order valence-electron chi connectivity index (χ0n) is 9.20. The van der Waals surface area contributed by atoms with Gasteiger partial charge in [0.25, 0.3) is 0 Å². The first-order chi connectivity index (χ1) is 7.11. The van der Waals surface area contributed by atoms with Crippen LogP contribution in [0, 0.1) is 0 Å². The first kappa shape index (κ1) is 11.3. The van der Waals surface area contributed by atoms with Crippen LogP contribution in [0.1, 0.15) is 13.8 Å². The van der Waals surface area contributed by atoms with Crippen molar-refractivity contribution in [2.24, 2.45) is 0 Å². The van der Waals surface area contributed by atoms with Gasteiger partial charge in [-0.25, -0.2) is 0 Å². The normalized spacial score (nSPS) is 11.0. The Labute approximate surface area is 89.8 Å². The highest BCUT2D eigenvalue weighted by molar-refractivity contribution is 5.88. The van der Waals surface area contributed by atoms with Gasteiger partial charge in [-0.15, -0.1) is 0 Å². The predicted molar refractivity (Wildman–Crippen MR) is 61.1 cm³/mol. The number of ketones is 1. The van der Waals surface area contributed by atoms with E-state index in [0.717, 1.165) is 17.1 Å². The molecule has 0 unspecified atom stereocenters. The van der Waals surface area contributed by atoms with Crippen molar-refractivity contribution in [3.63, 3.8) is 0 Å². The summed E-state index contributed by atoms with van der Waals surface area (Å²) in [5.41, 5.74) is 1.72. The van der Waals surface area contributed by atoms with E-state index in [1.165, 1.54) is 6.92 Å². The molecule has 3 heteroatoms. The number of carbonyl (C=O) groups excluding carboxylic acids is 1. The van der Waals surface area contributed by atoms with Gasteiger partial charge in [-0.3, -0.25) is 4.79 Å². The molecule has 0 saturated heterocycles. The Morgan fingerprint density at radius 2 is 2.13 bits per heavy atom. The molecule has 1 aromatic rings. The molecule has 0 heterocycles. The molecule has 0 aliphatic heterocycles. The largest absolute Gasteiger partial charge is 0.497 e. The summed E-state index contributed by atoms with van der Waals surface area (Å²) in [6, 6.07) is 7.55. The Hall–Kier alpha value is -1.77. The molecule has 0 aliphatic rings. The average molecular weight is 205 g/mol. The molecule has 0 amide bonds. The second-order valence-electron chi connectivity index (χ2n) is 3.29. The van der Waals surface area contributed by atoms with Crippen LogP contribution >= 0.6 is 0 Å². The lowest BCUT2D eigenvalue weighted by Gasteiger charge is -2.07. The summed E-state index contributed by atoms with van der Waals surface area (Å²) >= 11 is 0. The molecule has 0 atom stereocenters. The van der Waals surface area contributed by atoms with E-state index >= 15 is 0 Å². The standard InChI is InChI=1S/C12H15NO2/c1-9(7-10(2)14)13-11-5-4-6-12(8-11)15-3/h4-8,13H,1-3H3/b9-7-. The summed E-state index contributed by atoms with van der Waals surface area (Å²) in [5.74, 6) is 0.818. The molecule has 0 bridgehead atoms. The molecule has 0 spiro atoms. The van der Waals surface area contributed by atoms with Crippen LogP contribution in [0.5, 0.6) is 5.75 Å².